The number of carbonyl (C=O) groups is 2. The average Bonchev–Trinajstić information content (AvgIpc) is 2.97. The summed E-state index contributed by atoms with van der Waals surface area (Å²) in [5.41, 5.74) is 4.25. The molecule has 0 aromatic heterocycles. The van der Waals surface area contributed by atoms with E-state index in [4.69, 9.17) is 4.74 Å². The van der Waals surface area contributed by atoms with Gasteiger partial charge >= 0.3 is 0 Å². The minimum Gasteiger partial charge on any atom is -0.379 e. The van der Waals surface area contributed by atoms with Crippen LogP contribution < -0.4 is 20.9 Å². The van der Waals surface area contributed by atoms with Crippen molar-refractivity contribution in [2.24, 2.45) is 11.8 Å². The van der Waals surface area contributed by atoms with Crippen molar-refractivity contribution in [1.82, 2.24) is 20.9 Å². The van der Waals surface area contributed by atoms with Gasteiger partial charge in [-0.15, -0.1) is 0 Å². The Labute approximate surface area is 247 Å². The van der Waals surface area contributed by atoms with Crippen LogP contribution in [0.3, 0.4) is 0 Å². The highest BCUT2D eigenvalue weighted by atomic mass is 16.5. The molecule has 4 fully saturated rings. The van der Waals surface area contributed by atoms with E-state index in [1.807, 2.05) is 6.92 Å². The van der Waals surface area contributed by atoms with Crippen molar-refractivity contribution in [1.29, 1.82) is 0 Å². The molecule has 0 radical (unpaired) electrons. The lowest BCUT2D eigenvalue weighted by Crippen LogP contribution is -2.50. The molecule has 3 saturated heterocycles. The van der Waals surface area contributed by atoms with Crippen LogP contribution in [0.15, 0.2) is 12.1 Å². The van der Waals surface area contributed by atoms with Gasteiger partial charge in [-0.1, -0.05) is 26.2 Å². The number of ether oxygens (including phenoxy) is 1. The van der Waals surface area contributed by atoms with E-state index in [1.165, 1.54) is 43.4 Å². The number of benzene rings is 1. The van der Waals surface area contributed by atoms with Crippen LogP contribution in [-0.4, -0.2) is 87.8 Å². The van der Waals surface area contributed by atoms with Crippen LogP contribution in [-0.2, 0) is 9.53 Å². The molecule has 1 aromatic carbocycles. The normalized spacial score (nSPS) is 30.0. The van der Waals surface area contributed by atoms with Gasteiger partial charge < -0.3 is 25.6 Å². The molecule has 3 aliphatic heterocycles. The van der Waals surface area contributed by atoms with Crippen molar-refractivity contribution in [2.45, 2.75) is 96.2 Å². The molecule has 1 aliphatic carbocycles. The van der Waals surface area contributed by atoms with Gasteiger partial charge in [-0.25, -0.2) is 0 Å². The predicted molar refractivity (Wildman–Crippen MR) is 165 cm³/mol. The van der Waals surface area contributed by atoms with Gasteiger partial charge in [-0.2, -0.15) is 0 Å². The van der Waals surface area contributed by atoms with Gasteiger partial charge in [0.15, 0.2) is 0 Å². The fourth-order valence-electron chi connectivity index (χ4n) is 7.66. The molecule has 228 valence electrons. The van der Waals surface area contributed by atoms with Crippen LogP contribution >= 0.6 is 0 Å². The quantitative estimate of drug-likeness (QED) is 0.443. The number of hydrogen-bond donors (Lipinski definition) is 3. The summed E-state index contributed by atoms with van der Waals surface area (Å²) < 4.78 is 5.53. The first-order chi connectivity index (χ1) is 19.8. The smallest absolute Gasteiger partial charge is 0.251 e. The zero-order valence-corrected chi connectivity index (χ0v) is 25.8. The maximum atomic E-state index is 13.8. The van der Waals surface area contributed by atoms with Gasteiger partial charge in [0.1, 0.15) is 0 Å². The molecule has 1 saturated carbocycles. The number of carbonyl (C=O) groups excluding carboxylic acids is 2. The molecule has 3 N–H and O–H groups in total. The Morgan fingerprint density at radius 2 is 1.85 bits per heavy atom. The highest BCUT2D eigenvalue weighted by Gasteiger charge is 2.33. The lowest BCUT2D eigenvalue weighted by molar-refractivity contribution is -0.129. The minimum absolute atomic E-state index is 0.0552. The molecule has 3 heterocycles. The summed E-state index contributed by atoms with van der Waals surface area (Å²) in [6.45, 7) is 12.4. The second-order valence-electron chi connectivity index (χ2n) is 13.3. The van der Waals surface area contributed by atoms with E-state index in [9.17, 15) is 9.59 Å². The highest BCUT2D eigenvalue weighted by molar-refractivity contribution is 5.97. The molecule has 4 aliphatic rings. The highest BCUT2D eigenvalue weighted by Crippen LogP contribution is 2.35. The van der Waals surface area contributed by atoms with Gasteiger partial charge in [-0.05, 0) is 81.0 Å². The molecule has 5 rings (SSSR count). The van der Waals surface area contributed by atoms with Gasteiger partial charge in [0.2, 0.25) is 5.91 Å². The predicted octanol–water partition coefficient (Wildman–Crippen LogP) is 3.82. The molecular weight excluding hydrogens is 514 g/mol. The number of nitrogens with one attached hydrogen (secondary N) is 3. The molecule has 8 heteroatoms. The summed E-state index contributed by atoms with van der Waals surface area (Å²) in [5, 5.41) is 10.1. The number of nitrogens with zero attached hydrogens (tertiary/aromatic N) is 2. The molecule has 1 aromatic rings. The van der Waals surface area contributed by atoms with Crippen molar-refractivity contribution < 1.29 is 14.3 Å². The van der Waals surface area contributed by atoms with Crippen LogP contribution in [0.5, 0.6) is 0 Å². The number of piperidine rings is 2. The second kappa shape index (κ2) is 13.9. The average molecular weight is 568 g/mol. The summed E-state index contributed by atoms with van der Waals surface area (Å²) in [5.74, 6) is 0.439. The second-order valence-corrected chi connectivity index (χ2v) is 13.3. The Kier molecular flexibility index (Phi) is 10.3. The maximum absolute atomic E-state index is 13.8. The number of amides is 2. The molecule has 5 unspecified atom stereocenters. The molecule has 0 spiro atoms. The van der Waals surface area contributed by atoms with E-state index >= 15 is 0 Å². The lowest BCUT2D eigenvalue weighted by Gasteiger charge is -2.37. The van der Waals surface area contributed by atoms with Crippen molar-refractivity contribution in [2.75, 3.05) is 57.9 Å². The first kappa shape index (κ1) is 30.3. The summed E-state index contributed by atoms with van der Waals surface area (Å²) >= 11 is 0. The SMILES string of the molecule is Cc1c(C(=O)NCC2C(=O)NC(C)CC2C)cc(C2CCC(CN3CCOCC3)NC2)cc1N(C)C1CCCCC1. The molecule has 2 amide bonds. The van der Waals surface area contributed by atoms with E-state index in [1.54, 1.807) is 0 Å². The largest absolute Gasteiger partial charge is 0.379 e. The maximum Gasteiger partial charge on any atom is 0.251 e. The third-order valence-corrected chi connectivity index (χ3v) is 10.3. The number of rotatable bonds is 8. The molecule has 41 heavy (non-hydrogen) atoms. The lowest BCUT2D eigenvalue weighted by atomic mass is 9.84. The third kappa shape index (κ3) is 7.44. The van der Waals surface area contributed by atoms with Crippen LogP contribution in [0.4, 0.5) is 5.69 Å². The van der Waals surface area contributed by atoms with Gasteiger partial charge in [-0.3, -0.25) is 14.5 Å². The van der Waals surface area contributed by atoms with Crippen molar-refractivity contribution in [3.8, 4) is 0 Å². The number of morpholine rings is 1. The summed E-state index contributed by atoms with van der Waals surface area (Å²) in [6, 6.07) is 5.73. The van der Waals surface area contributed by atoms with E-state index in [0.29, 0.717) is 24.5 Å². The fourth-order valence-corrected chi connectivity index (χ4v) is 7.66. The molecule has 0 bridgehead atoms. The minimum atomic E-state index is -0.186. The van der Waals surface area contributed by atoms with Gasteiger partial charge in [0.25, 0.3) is 5.91 Å². The van der Waals surface area contributed by atoms with Crippen LogP contribution in [0.25, 0.3) is 0 Å². The Bertz CT molecular complexity index is 1040. The third-order valence-electron chi connectivity index (χ3n) is 10.3. The Balaban J connectivity index is 1.32. The first-order valence-corrected chi connectivity index (χ1v) is 16.3. The van der Waals surface area contributed by atoms with Crippen LogP contribution in [0.2, 0.25) is 0 Å². The first-order valence-electron chi connectivity index (χ1n) is 16.3. The van der Waals surface area contributed by atoms with E-state index < -0.39 is 0 Å². The van der Waals surface area contributed by atoms with Crippen molar-refractivity contribution in [3.63, 3.8) is 0 Å². The standard InChI is InChI=1S/C33H53N5O3/c1-22-16-23(2)36-33(40)30(22)20-35-32(39)29-17-26(18-31(24(29)3)37(4)28-8-6-5-7-9-28)25-10-11-27(34-19-25)21-38-12-14-41-15-13-38/h17-18,22-23,25,27-28,30,34H,5-16,19-21H2,1-4H3,(H,35,39)(H,36,40). The zero-order chi connectivity index (χ0) is 28.9. The summed E-state index contributed by atoms with van der Waals surface area (Å²) in [4.78, 5) is 31.4. The fraction of sp³-hybridized carbons (Fsp3) is 0.758. The molecule has 8 nitrogen and oxygen atoms in total. The Hall–Kier alpha value is -2.16. The zero-order valence-electron chi connectivity index (χ0n) is 25.8. The summed E-state index contributed by atoms with van der Waals surface area (Å²) in [6.07, 6.45) is 9.50. The topological polar surface area (TPSA) is 85.9 Å². The van der Waals surface area contributed by atoms with Crippen LogP contribution in [0, 0.1) is 18.8 Å². The van der Waals surface area contributed by atoms with Crippen molar-refractivity contribution >= 4 is 17.5 Å². The van der Waals surface area contributed by atoms with E-state index in [-0.39, 0.29) is 29.7 Å². The number of hydrogen-bond acceptors (Lipinski definition) is 6. The van der Waals surface area contributed by atoms with Crippen LogP contribution in [0.1, 0.15) is 92.6 Å². The Morgan fingerprint density at radius 1 is 1.10 bits per heavy atom. The van der Waals surface area contributed by atoms with E-state index in [0.717, 1.165) is 69.8 Å². The van der Waals surface area contributed by atoms with Gasteiger partial charge in [0.05, 0.1) is 19.1 Å². The van der Waals surface area contributed by atoms with Gasteiger partial charge in [0, 0.05) is 69.1 Å². The van der Waals surface area contributed by atoms with Crippen molar-refractivity contribution in [3.05, 3.63) is 28.8 Å². The number of anilines is 1. The van der Waals surface area contributed by atoms with E-state index in [2.05, 4.69) is 58.8 Å². The molecular formula is C33H53N5O3. The Morgan fingerprint density at radius 3 is 2.54 bits per heavy atom. The molecule has 5 atom stereocenters. The monoisotopic (exact) mass is 567 g/mol. The summed E-state index contributed by atoms with van der Waals surface area (Å²) in [7, 11) is 2.22.